The summed E-state index contributed by atoms with van der Waals surface area (Å²) in [4.78, 5) is 12.2. The first-order valence-corrected chi connectivity index (χ1v) is 7.25. The molecule has 1 N–H and O–H groups in total. The van der Waals surface area contributed by atoms with Crippen molar-refractivity contribution in [2.45, 2.75) is 38.0 Å². The highest BCUT2D eigenvalue weighted by Gasteiger charge is 2.49. The zero-order valence-electron chi connectivity index (χ0n) is 11.8. The van der Waals surface area contributed by atoms with E-state index in [4.69, 9.17) is 4.74 Å². The molecule has 1 aliphatic heterocycles. The third kappa shape index (κ3) is 2.70. The Morgan fingerprint density at radius 2 is 2.05 bits per heavy atom. The van der Waals surface area contributed by atoms with Crippen molar-refractivity contribution < 1.29 is 9.53 Å². The zero-order valence-corrected chi connectivity index (χ0v) is 11.8. The SMILES string of the molecule is N#CC1N[C@H](C(=O)OCc2ccccc2)CC12CC=CC2. The van der Waals surface area contributed by atoms with Gasteiger partial charge in [0.05, 0.1) is 6.07 Å². The molecule has 1 aromatic rings. The second kappa shape index (κ2) is 5.71. The predicted molar refractivity (Wildman–Crippen MR) is 78.0 cm³/mol. The maximum Gasteiger partial charge on any atom is 0.323 e. The van der Waals surface area contributed by atoms with E-state index in [1.54, 1.807) is 0 Å². The molecular weight excluding hydrogens is 264 g/mol. The second-order valence-electron chi connectivity index (χ2n) is 5.82. The number of nitrogens with zero attached hydrogens (tertiary/aromatic N) is 1. The minimum absolute atomic E-state index is 0.120. The molecule has 108 valence electrons. The molecule has 4 nitrogen and oxygen atoms in total. The maximum absolute atomic E-state index is 12.2. The van der Waals surface area contributed by atoms with Crippen molar-refractivity contribution in [3.05, 3.63) is 48.0 Å². The maximum atomic E-state index is 12.2. The van der Waals surface area contributed by atoms with Crippen LogP contribution in [0.2, 0.25) is 0 Å². The molecule has 1 unspecified atom stereocenters. The molecule has 0 radical (unpaired) electrons. The Morgan fingerprint density at radius 1 is 1.33 bits per heavy atom. The molecule has 1 aromatic carbocycles. The third-order valence-electron chi connectivity index (χ3n) is 4.44. The minimum atomic E-state index is -0.377. The lowest BCUT2D eigenvalue weighted by Gasteiger charge is -2.25. The van der Waals surface area contributed by atoms with Gasteiger partial charge in [-0.25, -0.2) is 0 Å². The number of rotatable bonds is 3. The number of esters is 1. The van der Waals surface area contributed by atoms with E-state index >= 15 is 0 Å². The molecule has 2 atom stereocenters. The second-order valence-corrected chi connectivity index (χ2v) is 5.82. The van der Waals surface area contributed by atoms with E-state index in [1.807, 2.05) is 30.3 Å². The largest absolute Gasteiger partial charge is 0.460 e. The lowest BCUT2D eigenvalue weighted by molar-refractivity contribution is -0.147. The summed E-state index contributed by atoms with van der Waals surface area (Å²) >= 11 is 0. The molecule has 1 spiro atoms. The first kappa shape index (κ1) is 13.8. The highest BCUT2D eigenvalue weighted by Crippen LogP contribution is 2.45. The summed E-state index contributed by atoms with van der Waals surface area (Å²) in [6.45, 7) is 0.278. The number of carbonyl (C=O) groups excluding carboxylic acids is 1. The van der Waals surface area contributed by atoms with Crippen LogP contribution in [0.1, 0.15) is 24.8 Å². The molecule has 1 saturated heterocycles. The van der Waals surface area contributed by atoms with E-state index in [0.717, 1.165) is 18.4 Å². The van der Waals surface area contributed by atoms with Crippen LogP contribution in [0.3, 0.4) is 0 Å². The summed E-state index contributed by atoms with van der Waals surface area (Å²) in [5.74, 6) is -0.261. The summed E-state index contributed by atoms with van der Waals surface area (Å²) in [6, 6.07) is 11.3. The number of nitrogens with one attached hydrogen (secondary N) is 1. The molecule has 0 aromatic heterocycles. The number of carbonyl (C=O) groups is 1. The molecule has 0 saturated carbocycles. The van der Waals surface area contributed by atoms with Crippen molar-refractivity contribution in [3.63, 3.8) is 0 Å². The number of benzene rings is 1. The van der Waals surface area contributed by atoms with Crippen LogP contribution in [0, 0.1) is 16.7 Å². The van der Waals surface area contributed by atoms with Gasteiger partial charge in [0.25, 0.3) is 0 Å². The van der Waals surface area contributed by atoms with Crippen molar-refractivity contribution in [2.75, 3.05) is 0 Å². The fraction of sp³-hybridized carbons (Fsp3) is 0.412. The number of nitriles is 1. The molecule has 0 amide bonds. The summed E-state index contributed by atoms with van der Waals surface area (Å²) < 4.78 is 5.38. The number of hydrogen-bond donors (Lipinski definition) is 1. The molecule has 4 heteroatoms. The Kier molecular flexibility index (Phi) is 3.76. The monoisotopic (exact) mass is 282 g/mol. The van der Waals surface area contributed by atoms with Gasteiger partial charge in [0.15, 0.2) is 0 Å². The molecule has 21 heavy (non-hydrogen) atoms. The smallest absolute Gasteiger partial charge is 0.323 e. The van der Waals surface area contributed by atoms with E-state index in [2.05, 4.69) is 23.5 Å². The standard InChI is InChI=1S/C17H18N2O2/c18-11-15-17(8-4-5-9-17)10-14(19-15)16(20)21-12-13-6-2-1-3-7-13/h1-7,14-15,19H,8-10,12H2/t14-,15?/m0/s1. The predicted octanol–water partition coefficient (Wildman–Crippen LogP) is 2.32. The van der Waals surface area contributed by atoms with Crippen LogP contribution in [-0.4, -0.2) is 18.1 Å². The van der Waals surface area contributed by atoms with Crippen molar-refractivity contribution in [3.8, 4) is 6.07 Å². The number of ether oxygens (including phenoxy) is 1. The lowest BCUT2D eigenvalue weighted by Crippen LogP contribution is -2.38. The van der Waals surface area contributed by atoms with Crippen LogP contribution in [-0.2, 0) is 16.1 Å². The van der Waals surface area contributed by atoms with Gasteiger partial charge in [-0.2, -0.15) is 5.26 Å². The first-order valence-electron chi connectivity index (χ1n) is 7.25. The molecule has 1 aliphatic carbocycles. The Balaban J connectivity index is 1.60. The molecule has 3 rings (SSSR count). The van der Waals surface area contributed by atoms with Crippen LogP contribution in [0.25, 0.3) is 0 Å². The van der Waals surface area contributed by atoms with Gasteiger partial charge in [0, 0.05) is 5.41 Å². The Labute approximate surface area is 124 Å². The van der Waals surface area contributed by atoms with Gasteiger partial charge >= 0.3 is 5.97 Å². The highest BCUT2D eigenvalue weighted by molar-refractivity contribution is 5.76. The van der Waals surface area contributed by atoms with Gasteiger partial charge in [-0.3, -0.25) is 10.1 Å². The van der Waals surface area contributed by atoms with Crippen molar-refractivity contribution in [2.24, 2.45) is 5.41 Å². The van der Waals surface area contributed by atoms with Crippen LogP contribution >= 0.6 is 0 Å². The van der Waals surface area contributed by atoms with Crippen LogP contribution in [0.5, 0.6) is 0 Å². The molecule has 0 bridgehead atoms. The van der Waals surface area contributed by atoms with Crippen LogP contribution in [0.15, 0.2) is 42.5 Å². The molecular formula is C17H18N2O2. The van der Waals surface area contributed by atoms with Crippen molar-refractivity contribution in [1.82, 2.24) is 5.32 Å². The average Bonchev–Trinajstić information content (AvgIpc) is 3.14. The van der Waals surface area contributed by atoms with E-state index < -0.39 is 0 Å². The minimum Gasteiger partial charge on any atom is -0.460 e. The first-order chi connectivity index (χ1) is 10.2. The van der Waals surface area contributed by atoms with Crippen molar-refractivity contribution >= 4 is 5.97 Å². The van der Waals surface area contributed by atoms with E-state index in [9.17, 15) is 10.1 Å². The summed E-state index contributed by atoms with van der Waals surface area (Å²) in [7, 11) is 0. The van der Waals surface area contributed by atoms with Crippen molar-refractivity contribution in [1.29, 1.82) is 5.26 Å². The van der Waals surface area contributed by atoms with E-state index in [0.29, 0.717) is 6.42 Å². The normalized spacial score (nSPS) is 25.9. The zero-order chi connectivity index (χ0) is 14.7. The molecule has 1 heterocycles. The Morgan fingerprint density at radius 3 is 2.71 bits per heavy atom. The highest BCUT2D eigenvalue weighted by atomic mass is 16.5. The van der Waals surface area contributed by atoms with Gasteiger partial charge in [-0.05, 0) is 24.8 Å². The van der Waals surface area contributed by atoms with E-state index in [1.165, 1.54) is 0 Å². The number of hydrogen-bond acceptors (Lipinski definition) is 4. The van der Waals surface area contributed by atoms with Crippen LogP contribution < -0.4 is 5.32 Å². The lowest BCUT2D eigenvalue weighted by atomic mass is 9.78. The topological polar surface area (TPSA) is 62.1 Å². The van der Waals surface area contributed by atoms with E-state index in [-0.39, 0.29) is 30.1 Å². The summed E-state index contributed by atoms with van der Waals surface area (Å²) in [5.41, 5.74) is 0.850. The Hall–Kier alpha value is -2.12. The quantitative estimate of drug-likeness (QED) is 0.682. The third-order valence-corrected chi connectivity index (χ3v) is 4.44. The summed E-state index contributed by atoms with van der Waals surface area (Å²) in [6.07, 6.45) is 6.60. The van der Waals surface area contributed by atoms with Gasteiger partial charge < -0.3 is 4.74 Å². The van der Waals surface area contributed by atoms with Gasteiger partial charge in [0.2, 0.25) is 0 Å². The average molecular weight is 282 g/mol. The van der Waals surface area contributed by atoms with Gasteiger partial charge in [-0.1, -0.05) is 42.5 Å². The fourth-order valence-corrected chi connectivity index (χ4v) is 3.24. The molecule has 1 fully saturated rings. The number of allylic oxidation sites excluding steroid dienone is 2. The van der Waals surface area contributed by atoms with Gasteiger partial charge in [-0.15, -0.1) is 0 Å². The van der Waals surface area contributed by atoms with Gasteiger partial charge in [0.1, 0.15) is 18.7 Å². The summed E-state index contributed by atoms with van der Waals surface area (Å²) in [5, 5.41) is 12.4. The fourth-order valence-electron chi connectivity index (χ4n) is 3.24. The Bertz CT molecular complexity index is 581. The molecule has 2 aliphatic rings. The van der Waals surface area contributed by atoms with Crippen LogP contribution in [0.4, 0.5) is 0 Å².